The van der Waals surface area contributed by atoms with Crippen molar-refractivity contribution >= 4 is 34.4 Å². The molecule has 0 spiro atoms. The molecule has 10 heteroatoms. The summed E-state index contributed by atoms with van der Waals surface area (Å²) in [4.78, 5) is 36.2. The SMILES string of the molecule is Cc1nnc(NC(=O)C(CCC(=O)O)NC(=O)OCC2c3ccccc3-c3ccccc32)s1. The van der Waals surface area contributed by atoms with Gasteiger partial charge in [-0.3, -0.25) is 14.9 Å². The first kappa shape index (κ1) is 22.4. The van der Waals surface area contributed by atoms with Gasteiger partial charge in [0.1, 0.15) is 17.7 Å². The van der Waals surface area contributed by atoms with E-state index in [2.05, 4.69) is 20.8 Å². The van der Waals surface area contributed by atoms with Crippen LogP contribution >= 0.6 is 11.3 Å². The van der Waals surface area contributed by atoms with Gasteiger partial charge in [0, 0.05) is 12.3 Å². The minimum absolute atomic E-state index is 0.0860. The molecule has 1 heterocycles. The maximum atomic E-state index is 12.6. The third-order valence-corrected chi connectivity index (χ3v) is 6.11. The topological polar surface area (TPSA) is 131 Å². The smallest absolute Gasteiger partial charge is 0.407 e. The molecule has 3 N–H and O–H groups in total. The van der Waals surface area contributed by atoms with Crippen LogP contribution in [0.25, 0.3) is 11.1 Å². The van der Waals surface area contributed by atoms with E-state index in [9.17, 15) is 14.4 Å². The second kappa shape index (κ2) is 9.78. The number of aryl methyl sites for hydroxylation is 1. The first-order valence-corrected chi connectivity index (χ1v) is 11.2. The Morgan fingerprint density at radius 1 is 1.06 bits per heavy atom. The number of aliphatic carboxylic acids is 1. The van der Waals surface area contributed by atoms with Gasteiger partial charge in [-0.25, -0.2) is 4.79 Å². The number of nitrogens with one attached hydrogen (secondary N) is 2. The highest BCUT2D eigenvalue weighted by molar-refractivity contribution is 7.15. The molecule has 0 fully saturated rings. The fourth-order valence-corrected chi connectivity index (χ4v) is 4.45. The number of carbonyl (C=O) groups excluding carboxylic acids is 2. The summed E-state index contributed by atoms with van der Waals surface area (Å²) in [6.07, 6.45) is -1.18. The lowest BCUT2D eigenvalue weighted by Crippen LogP contribution is -2.44. The zero-order chi connectivity index (χ0) is 23.4. The number of rotatable bonds is 8. The number of nitrogens with zero attached hydrogens (tertiary/aromatic N) is 2. The van der Waals surface area contributed by atoms with Gasteiger partial charge in [0.05, 0.1) is 0 Å². The van der Waals surface area contributed by atoms with E-state index in [4.69, 9.17) is 9.84 Å². The highest BCUT2D eigenvalue weighted by Crippen LogP contribution is 2.44. The number of hydrogen-bond donors (Lipinski definition) is 3. The lowest BCUT2D eigenvalue weighted by molar-refractivity contribution is -0.137. The van der Waals surface area contributed by atoms with Crippen LogP contribution in [0.3, 0.4) is 0 Å². The van der Waals surface area contributed by atoms with Crippen LogP contribution in [-0.4, -0.2) is 45.9 Å². The Balaban J connectivity index is 1.42. The average Bonchev–Trinajstić information content (AvgIpc) is 3.35. The van der Waals surface area contributed by atoms with Gasteiger partial charge >= 0.3 is 12.1 Å². The Kier molecular flexibility index (Phi) is 6.64. The van der Waals surface area contributed by atoms with Gasteiger partial charge in [0.2, 0.25) is 11.0 Å². The summed E-state index contributed by atoms with van der Waals surface area (Å²) in [6, 6.07) is 14.8. The van der Waals surface area contributed by atoms with Crippen molar-refractivity contribution in [3.63, 3.8) is 0 Å². The van der Waals surface area contributed by atoms with E-state index < -0.39 is 24.0 Å². The van der Waals surface area contributed by atoms with Crippen molar-refractivity contribution in [2.45, 2.75) is 31.7 Å². The van der Waals surface area contributed by atoms with Crippen molar-refractivity contribution in [1.29, 1.82) is 0 Å². The van der Waals surface area contributed by atoms with Crippen molar-refractivity contribution in [2.75, 3.05) is 11.9 Å². The lowest BCUT2D eigenvalue weighted by atomic mass is 9.98. The van der Waals surface area contributed by atoms with Gasteiger partial charge in [-0.2, -0.15) is 0 Å². The molecule has 9 nitrogen and oxygen atoms in total. The maximum Gasteiger partial charge on any atom is 0.407 e. The van der Waals surface area contributed by atoms with Crippen molar-refractivity contribution in [3.8, 4) is 11.1 Å². The molecule has 0 radical (unpaired) electrons. The molecule has 0 aliphatic heterocycles. The lowest BCUT2D eigenvalue weighted by Gasteiger charge is -2.18. The van der Waals surface area contributed by atoms with Gasteiger partial charge in [0.15, 0.2) is 0 Å². The Morgan fingerprint density at radius 2 is 1.70 bits per heavy atom. The largest absolute Gasteiger partial charge is 0.481 e. The molecule has 170 valence electrons. The van der Waals surface area contributed by atoms with Crippen molar-refractivity contribution in [2.24, 2.45) is 0 Å². The summed E-state index contributed by atoms with van der Waals surface area (Å²) in [5.74, 6) is -1.78. The summed E-state index contributed by atoms with van der Waals surface area (Å²) in [5.41, 5.74) is 4.35. The second-order valence-electron chi connectivity index (χ2n) is 7.57. The van der Waals surface area contributed by atoms with E-state index in [1.807, 2.05) is 48.5 Å². The highest BCUT2D eigenvalue weighted by Gasteiger charge is 2.30. The van der Waals surface area contributed by atoms with Crippen LogP contribution in [0.15, 0.2) is 48.5 Å². The fraction of sp³-hybridized carbons (Fsp3) is 0.261. The van der Waals surface area contributed by atoms with E-state index >= 15 is 0 Å². The van der Waals surface area contributed by atoms with Crippen LogP contribution in [-0.2, 0) is 14.3 Å². The van der Waals surface area contributed by atoms with Crippen molar-refractivity contribution in [3.05, 3.63) is 64.7 Å². The van der Waals surface area contributed by atoms with Crippen LogP contribution in [0, 0.1) is 6.92 Å². The van der Waals surface area contributed by atoms with Crippen LogP contribution in [0.2, 0.25) is 0 Å². The first-order valence-electron chi connectivity index (χ1n) is 10.4. The van der Waals surface area contributed by atoms with E-state index in [0.29, 0.717) is 5.01 Å². The molecule has 1 aliphatic rings. The predicted octanol–water partition coefficient (Wildman–Crippen LogP) is 3.56. The summed E-state index contributed by atoms with van der Waals surface area (Å²) in [5, 5.41) is 22.6. The van der Waals surface area contributed by atoms with E-state index in [1.165, 1.54) is 11.3 Å². The zero-order valence-electron chi connectivity index (χ0n) is 17.8. The molecule has 1 unspecified atom stereocenters. The Morgan fingerprint density at radius 3 is 2.27 bits per heavy atom. The molecular formula is C23H22N4O5S. The summed E-state index contributed by atoms with van der Waals surface area (Å²) >= 11 is 1.18. The van der Waals surface area contributed by atoms with E-state index in [-0.39, 0.29) is 30.5 Å². The number of carbonyl (C=O) groups is 3. The molecule has 1 aromatic heterocycles. The predicted molar refractivity (Wildman–Crippen MR) is 122 cm³/mol. The number of carboxylic acids is 1. The molecule has 0 saturated heterocycles. The fourth-order valence-electron chi connectivity index (χ4n) is 3.86. The number of carboxylic acid groups (broad SMARTS) is 1. The number of fused-ring (bicyclic) bond motifs is 3. The highest BCUT2D eigenvalue weighted by atomic mass is 32.1. The number of ether oxygens (including phenoxy) is 1. The Bertz CT molecular complexity index is 1150. The molecule has 0 saturated carbocycles. The molecule has 2 aromatic carbocycles. The number of aromatic nitrogens is 2. The zero-order valence-corrected chi connectivity index (χ0v) is 18.6. The average molecular weight is 467 g/mol. The molecule has 3 aromatic rings. The van der Waals surface area contributed by atoms with Gasteiger partial charge in [-0.15, -0.1) is 10.2 Å². The number of anilines is 1. The van der Waals surface area contributed by atoms with Crippen LogP contribution in [0.1, 0.15) is 34.9 Å². The van der Waals surface area contributed by atoms with Crippen LogP contribution in [0.4, 0.5) is 9.93 Å². The molecule has 33 heavy (non-hydrogen) atoms. The van der Waals surface area contributed by atoms with Gasteiger partial charge < -0.3 is 15.2 Å². The molecule has 1 aliphatic carbocycles. The van der Waals surface area contributed by atoms with Crippen LogP contribution < -0.4 is 10.6 Å². The number of amides is 2. The normalized spacial score (nSPS) is 13.0. The maximum absolute atomic E-state index is 12.6. The summed E-state index contributed by atoms with van der Waals surface area (Å²) in [7, 11) is 0. The third-order valence-electron chi connectivity index (χ3n) is 5.36. The van der Waals surface area contributed by atoms with E-state index in [1.54, 1.807) is 6.92 Å². The molecule has 1 atom stereocenters. The number of alkyl carbamates (subject to hydrolysis) is 1. The van der Waals surface area contributed by atoms with E-state index in [0.717, 1.165) is 22.3 Å². The molecule has 2 amide bonds. The summed E-state index contributed by atoms with van der Waals surface area (Å²) < 4.78 is 5.48. The molecule has 0 bridgehead atoms. The molecular weight excluding hydrogens is 444 g/mol. The molecule has 4 rings (SSSR count). The van der Waals surface area contributed by atoms with Gasteiger partial charge in [-0.05, 0) is 35.6 Å². The minimum atomic E-state index is -1.10. The quantitative estimate of drug-likeness (QED) is 0.463. The van der Waals surface area contributed by atoms with Crippen LogP contribution in [0.5, 0.6) is 0 Å². The summed E-state index contributed by atoms with van der Waals surface area (Å²) in [6.45, 7) is 1.83. The van der Waals surface area contributed by atoms with Crippen molar-refractivity contribution in [1.82, 2.24) is 15.5 Å². The first-order chi connectivity index (χ1) is 15.9. The third kappa shape index (κ3) is 5.17. The monoisotopic (exact) mass is 466 g/mol. The second-order valence-corrected chi connectivity index (χ2v) is 8.75. The Hall–Kier alpha value is -3.79. The Labute approximate surface area is 193 Å². The minimum Gasteiger partial charge on any atom is -0.481 e. The van der Waals surface area contributed by atoms with Crippen molar-refractivity contribution < 1.29 is 24.2 Å². The number of benzene rings is 2. The van der Waals surface area contributed by atoms with Gasteiger partial charge in [-0.1, -0.05) is 59.9 Å². The standard InChI is InChI=1S/C23H22N4O5S/c1-13-26-27-22(33-13)25-21(30)19(10-11-20(28)29)24-23(31)32-12-18-16-8-4-2-6-14(16)15-7-3-5-9-17(15)18/h2-9,18-19H,10-12H2,1H3,(H,24,31)(H,28,29)(H,25,27,30). The number of hydrogen-bond acceptors (Lipinski definition) is 7. The van der Waals surface area contributed by atoms with Gasteiger partial charge in [0.25, 0.3) is 0 Å².